The lowest BCUT2D eigenvalue weighted by Crippen LogP contribution is -2.54. The minimum atomic E-state index is -0.811. The number of rotatable bonds is 11. The quantitative estimate of drug-likeness (QED) is 0.0750. The van der Waals surface area contributed by atoms with E-state index in [1.54, 1.807) is 30.3 Å². The Balaban J connectivity index is 1.41. The van der Waals surface area contributed by atoms with E-state index in [4.69, 9.17) is 14.2 Å². The highest BCUT2D eigenvalue weighted by Gasteiger charge is 2.37. The van der Waals surface area contributed by atoms with E-state index in [1.807, 2.05) is 25.1 Å². The molecular formula is C35H33IN2O6. The van der Waals surface area contributed by atoms with E-state index in [1.165, 1.54) is 6.08 Å². The van der Waals surface area contributed by atoms with Crippen molar-refractivity contribution in [1.82, 2.24) is 5.32 Å². The van der Waals surface area contributed by atoms with Crippen LogP contribution in [-0.4, -0.2) is 31.1 Å². The van der Waals surface area contributed by atoms with Crippen molar-refractivity contribution in [2.24, 2.45) is 0 Å². The molecule has 0 radical (unpaired) electrons. The zero-order valence-corrected chi connectivity index (χ0v) is 27.0. The van der Waals surface area contributed by atoms with E-state index in [2.05, 4.69) is 66.0 Å². The Bertz CT molecular complexity index is 1750. The zero-order valence-electron chi connectivity index (χ0n) is 24.8. The Morgan fingerprint density at radius 3 is 2.43 bits per heavy atom. The van der Waals surface area contributed by atoms with Crippen LogP contribution < -0.4 is 24.4 Å². The molecule has 0 unspecified atom stereocenters. The van der Waals surface area contributed by atoms with E-state index in [0.717, 1.165) is 43.2 Å². The number of amides is 4. The molecule has 5 rings (SSSR count). The lowest BCUT2D eigenvalue weighted by Gasteiger charge is -2.26. The molecule has 0 bridgehead atoms. The van der Waals surface area contributed by atoms with Gasteiger partial charge < -0.3 is 14.2 Å². The minimum Gasteiger partial charge on any atom is -0.494 e. The summed E-state index contributed by atoms with van der Waals surface area (Å²) in [5.74, 6) is 0.197. The van der Waals surface area contributed by atoms with Gasteiger partial charge in [-0.2, -0.15) is 0 Å². The van der Waals surface area contributed by atoms with Crippen LogP contribution in [0.1, 0.15) is 43.4 Å². The van der Waals surface area contributed by atoms with E-state index in [-0.39, 0.29) is 5.57 Å². The summed E-state index contributed by atoms with van der Waals surface area (Å²) in [7, 11) is 0. The first kappa shape index (κ1) is 31.1. The molecule has 4 amide bonds. The molecule has 1 aliphatic heterocycles. The molecule has 0 spiro atoms. The van der Waals surface area contributed by atoms with Gasteiger partial charge in [-0.05, 0) is 107 Å². The van der Waals surface area contributed by atoms with Crippen LogP contribution in [0.25, 0.3) is 16.8 Å². The second kappa shape index (κ2) is 13.9. The molecule has 0 saturated carbocycles. The summed E-state index contributed by atoms with van der Waals surface area (Å²) in [6.45, 7) is 7.32. The van der Waals surface area contributed by atoms with E-state index >= 15 is 0 Å². The second-order valence-electron chi connectivity index (χ2n) is 10.3. The monoisotopic (exact) mass is 704 g/mol. The molecule has 0 aromatic heterocycles. The highest BCUT2D eigenvalue weighted by atomic mass is 127. The fraction of sp³-hybridized carbons (Fsp3) is 0.229. The van der Waals surface area contributed by atoms with Crippen LogP contribution in [0.3, 0.4) is 0 Å². The Hall–Kier alpha value is -4.38. The average Bonchev–Trinajstić information content (AvgIpc) is 3.00. The standard InChI is InChI=1S/C35H33IN2O6/c1-4-6-17-43-26-15-13-25(14-16-26)38-34(40)28(33(39)37-35(38)41)18-23-19-30(36)32(31(20-23)42-5-2)44-21-29-22(3)11-12-24-9-7-8-10-27(24)29/h7-16,18-20H,4-6,17,21H2,1-3H3,(H,37,39,41)/b28-18-. The average molecular weight is 705 g/mol. The van der Waals surface area contributed by atoms with Gasteiger partial charge in [-0.15, -0.1) is 0 Å². The van der Waals surface area contributed by atoms with Crippen molar-refractivity contribution in [3.63, 3.8) is 0 Å². The van der Waals surface area contributed by atoms with E-state index < -0.39 is 17.8 Å². The number of urea groups is 1. The third kappa shape index (κ3) is 6.72. The highest BCUT2D eigenvalue weighted by molar-refractivity contribution is 14.1. The minimum absolute atomic E-state index is 0.175. The maximum Gasteiger partial charge on any atom is 0.335 e. The van der Waals surface area contributed by atoms with Crippen molar-refractivity contribution in [3.8, 4) is 17.2 Å². The number of ether oxygens (including phenoxy) is 3. The number of aryl methyl sites for hydroxylation is 1. The summed E-state index contributed by atoms with van der Waals surface area (Å²) in [5.41, 5.74) is 2.91. The van der Waals surface area contributed by atoms with Gasteiger partial charge in [0.2, 0.25) is 0 Å². The largest absolute Gasteiger partial charge is 0.494 e. The summed E-state index contributed by atoms with van der Waals surface area (Å²) >= 11 is 2.16. The molecular weight excluding hydrogens is 671 g/mol. The molecule has 1 aliphatic rings. The molecule has 0 aliphatic carbocycles. The van der Waals surface area contributed by atoms with Crippen LogP contribution in [0.15, 0.2) is 78.4 Å². The van der Waals surface area contributed by atoms with Crippen LogP contribution in [0, 0.1) is 10.5 Å². The number of fused-ring (bicyclic) bond motifs is 1. The first-order valence-corrected chi connectivity index (χ1v) is 15.6. The van der Waals surface area contributed by atoms with Crippen molar-refractivity contribution in [1.29, 1.82) is 0 Å². The van der Waals surface area contributed by atoms with Gasteiger partial charge in [0.1, 0.15) is 17.9 Å². The van der Waals surface area contributed by atoms with Gasteiger partial charge in [-0.3, -0.25) is 14.9 Å². The molecule has 4 aromatic carbocycles. The van der Waals surface area contributed by atoms with Gasteiger partial charge in [0.05, 0.1) is 22.5 Å². The Morgan fingerprint density at radius 1 is 0.909 bits per heavy atom. The molecule has 9 heteroatoms. The van der Waals surface area contributed by atoms with Gasteiger partial charge in [0.25, 0.3) is 11.8 Å². The Kier molecular flexibility index (Phi) is 9.84. The molecule has 1 fully saturated rings. The number of unbranched alkanes of at least 4 members (excludes halogenated alkanes) is 1. The smallest absolute Gasteiger partial charge is 0.335 e. The summed E-state index contributed by atoms with van der Waals surface area (Å²) < 4.78 is 18.7. The van der Waals surface area contributed by atoms with Crippen molar-refractivity contribution in [3.05, 3.63) is 98.6 Å². The molecule has 4 aromatic rings. The molecule has 44 heavy (non-hydrogen) atoms. The summed E-state index contributed by atoms with van der Waals surface area (Å²) in [6, 6.07) is 21.7. The summed E-state index contributed by atoms with van der Waals surface area (Å²) in [4.78, 5) is 40.0. The normalized spacial score (nSPS) is 14.2. The lowest BCUT2D eigenvalue weighted by atomic mass is 10.0. The van der Waals surface area contributed by atoms with Crippen molar-refractivity contribution >= 4 is 63.0 Å². The number of carbonyl (C=O) groups excluding carboxylic acids is 3. The molecule has 1 N–H and O–H groups in total. The number of nitrogens with zero attached hydrogens (tertiary/aromatic N) is 1. The summed E-state index contributed by atoms with van der Waals surface area (Å²) in [5, 5.41) is 4.54. The highest BCUT2D eigenvalue weighted by Crippen LogP contribution is 2.37. The van der Waals surface area contributed by atoms with E-state index in [9.17, 15) is 14.4 Å². The predicted molar refractivity (Wildman–Crippen MR) is 179 cm³/mol. The first-order valence-electron chi connectivity index (χ1n) is 14.5. The maximum atomic E-state index is 13.5. The first-order chi connectivity index (χ1) is 21.3. The van der Waals surface area contributed by atoms with Gasteiger partial charge in [0, 0.05) is 5.56 Å². The van der Waals surface area contributed by atoms with Crippen molar-refractivity contribution in [2.75, 3.05) is 18.1 Å². The topological polar surface area (TPSA) is 94.2 Å². The van der Waals surface area contributed by atoms with Crippen LogP contribution in [0.4, 0.5) is 10.5 Å². The van der Waals surface area contributed by atoms with Crippen LogP contribution in [-0.2, 0) is 16.2 Å². The van der Waals surface area contributed by atoms with Gasteiger partial charge in [-0.25, -0.2) is 9.69 Å². The Morgan fingerprint density at radius 2 is 1.68 bits per heavy atom. The number of halogens is 1. The lowest BCUT2D eigenvalue weighted by molar-refractivity contribution is -0.122. The third-order valence-corrected chi connectivity index (χ3v) is 8.04. The van der Waals surface area contributed by atoms with Gasteiger partial charge >= 0.3 is 6.03 Å². The molecule has 1 heterocycles. The SMILES string of the molecule is CCCCOc1ccc(N2C(=O)NC(=O)/C(=C/c3cc(I)c(OCc4c(C)ccc5ccccc45)c(OCC)c3)C2=O)cc1. The number of anilines is 1. The number of hydrogen-bond acceptors (Lipinski definition) is 6. The number of barbiturate groups is 1. The predicted octanol–water partition coefficient (Wildman–Crippen LogP) is 7.58. The van der Waals surface area contributed by atoms with Gasteiger partial charge in [-0.1, -0.05) is 49.7 Å². The molecule has 0 atom stereocenters. The van der Waals surface area contributed by atoms with Gasteiger partial charge in [0.15, 0.2) is 11.5 Å². The van der Waals surface area contributed by atoms with Crippen molar-refractivity contribution < 1.29 is 28.6 Å². The van der Waals surface area contributed by atoms with Crippen LogP contribution >= 0.6 is 22.6 Å². The zero-order chi connectivity index (χ0) is 31.2. The summed E-state index contributed by atoms with van der Waals surface area (Å²) in [6.07, 6.45) is 3.39. The Labute approximate surface area is 270 Å². The molecule has 226 valence electrons. The number of benzene rings is 4. The number of hydrogen-bond donors (Lipinski definition) is 1. The fourth-order valence-corrected chi connectivity index (χ4v) is 5.72. The second-order valence-corrected chi connectivity index (χ2v) is 11.4. The number of nitrogens with one attached hydrogen (secondary N) is 1. The number of imide groups is 2. The van der Waals surface area contributed by atoms with Crippen molar-refractivity contribution in [2.45, 2.75) is 40.2 Å². The molecule has 1 saturated heterocycles. The molecule has 8 nitrogen and oxygen atoms in total. The van der Waals surface area contributed by atoms with Crippen LogP contribution in [0.2, 0.25) is 0 Å². The third-order valence-electron chi connectivity index (χ3n) is 7.24. The van der Waals surface area contributed by atoms with Crippen LogP contribution in [0.5, 0.6) is 17.2 Å². The maximum absolute atomic E-state index is 13.5. The fourth-order valence-electron chi connectivity index (χ4n) is 4.94. The van der Waals surface area contributed by atoms with E-state index in [0.29, 0.717) is 48.3 Å². The number of carbonyl (C=O) groups is 3.